The molecule has 1 heterocycles. The van der Waals surface area contributed by atoms with Gasteiger partial charge in [-0.25, -0.2) is 9.59 Å². The Balaban J connectivity index is 2.59. The molecule has 1 aliphatic rings. The third-order valence-electron chi connectivity index (χ3n) is 4.36. The van der Waals surface area contributed by atoms with Crippen molar-refractivity contribution in [1.29, 1.82) is 0 Å². The standard InChI is InChI=1S/C19H23F3N2O4/c1-11(2)24-12(3)15(17(25)28-10-9-27-4)16(23-18(24)26)13-7-5-6-8-14(13)19(20,21)22/h5-8,11,16H,9-10H2,1-4H3,(H,23,26)/t16-/m1/s1. The summed E-state index contributed by atoms with van der Waals surface area (Å²) in [6.07, 6.45) is -4.64. The van der Waals surface area contributed by atoms with Crippen LogP contribution in [0, 0.1) is 0 Å². The van der Waals surface area contributed by atoms with Gasteiger partial charge in [0.05, 0.1) is 23.8 Å². The van der Waals surface area contributed by atoms with Gasteiger partial charge in [-0.2, -0.15) is 13.2 Å². The summed E-state index contributed by atoms with van der Waals surface area (Å²) in [5.74, 6) is -0.804. The van der Waals surface area contributed by atoms with E-state index < -0.39 is 29.8 Å². The number of carbonyl (C=O) groups excluding carboxylic acids is 2. The Hall–Kier alpha value is -2.55. The van der Waals surface area contributed by atoms with E-state index in [1.165, 1.54) is 37.1 Å². The second kappa shape index (κ2) is 8.64. The minimum absolute atomic E-state index is 0.0406. The van der Waals surface area contributed by atoms with Crippen LogP contribution in [-0.2, 0) is 20.4 Å². The molecule has 0 unspecified atom stereocenters. The lowest BCUT2D eigenvalue weighted by Crippen LogP contribution is -2.50. The van der Waals surface area contributed by atoms with E-state index in [1.807, 2.05) is 0 Å². The molecule has 28 heavy (non-hydrogen) atoms. The number of carbonyl (C=O) groups is 2. The number of rotatable bonds is 6. The highest BCUT2D eigenvalue weighted by molar-refractivity contribution is 5.95. The number of alkyl halides is 3. The number of ether oxygens (including phenoxy) is 2. The average Bonchev–Trinajstić information content (AvgIpc) is 2.60. The summed E-state index contributed by atoms with van der Waals surface area (Å²) in [6.45, 7) is 5.08. The minimum Gasteiger partial charge on any atom is -0.460 e. The molecule has 0 saturated carbocycles. The van der Waals surface area contributed by atoms with Crippen molar-refractivity contribution in [2.24, 2.45) is 0 Å². The molecule has 0 saturated heterocycles. The fourth-order valence-corrected chi connectivity index (χ4v) is 3.18. The summed E-state index contributed by atoms with van der Waals surface area (Å²) in [5, 5.41) is 2.53. The maximum atomic E-state index is 13.5. The summed E-state index contributed by atoms with van der Waals surface area (Å²) < 4.78 is 50.5. The van der Waals surface area contributed by atoms with Crippen LogP contribution >= 0.6 is 0 Å². The van der Waals surface area contributed by atoms with Crippen LogP contribution in [0.15, 0.2) is 35.5 Å². The van der Waals surface area contributed by atoms with E-state index in [-0.39, 0.29) is 36.1 Å². The van der Waals surface area contributed by atoms with E-state index in [4.69, 9.17) is 9.47 Å². The van der Waals surface area contributed by atoms with Gasteiger partial charge >= 0.3 is 18.2 Å². The van der Waals surface area contributed by atoms with E-state index in [0.29, 0.717) is 0 Å². The summed E-state index contributed by atoms with van der Waals surface area (Å²) in [6, 6.07) is 2.67. The largest absolute Gasteiger partial charge is 0.460 e. The van der Waals surface area contributed by atoms with Gasteiger partial charge < -0.3 is 14.8 Å². The number of allylic oxidation sites excluding steroid dienone is 1. The van der Waals surface area contributed by atoms with Gasteiger partial charge in [-0.15, -0.1) is 0 Å². The predicted molar refractivity (Wildman–Crippen MR) is 95.2 cm³/mol. The zero-order valence-electron chi connectivity index (χ0n) is 16.1. The molecule has 1 aromatic rings. The van der Waals surface area contributed by atoms with Gasteiger partial charge in [0.2, 0.25) is 0 Å². The summed E-state index contributed by atoms with van der Waals surface area (Å²) in [5.41, 5.74) is -0.928. The molecule has 1 aliphatic heterocycles. The number of urea groups is 1. The highest BCUT2D eigenvalue weighted by atomic mass is 19.4. The molecular weight excluding hydrogens is 377 g/mol. The van der Waals surface area contributed by atoms with Crippen molar-refractivity contribution in [1.82, 2.24) is 10.2 Å². The van der Waals surface area contributed by atoms with Gasteiger partial charge in [0.1, 0.15) is 6.61 Å². The Morgan fingerprint density at radius 1 is 1.25 bits per heavy atom. The Morgan fingerprint density at radius 2 is 1.89 bits per heavy atom. The smallest absolute Gasteiger partial charge is 0.416 e. The van der Waals surface area contributed by atoms with Crippen LogP contribution in [0.2, 0.25) is 0 Å². The number of esters is 1. The molecule has 2 rings (SSSR count). The van der Waals surface area contributed by atoms with Gasteiger partial charge in [-0.05, 0) is 32.4 Å². The number of benzene rings is 1. The first-order chi connectivity index (χ1) is 13.1. The van der Waals surface area contributed by atoms with Crippen molar-refractivity contribution < 1.29 is 32.2 Å². The number of hydrogen-bond acceptors (Lipinski definition) is 4. The molecule has 2 amide bonds. The Bertz CT molecular complexity index is 775. The Kier molecular flexibility index (Phi) is 6.71. The van der Waals surface area contributed by atoms with Crippen LogP contribution in [0.25, 0.3) is 0 Å². The fraction of sp³-hybridized carbons (Fsp3) is 0.474. The molecular formula is C19H23F3N2O4. The zero-order chi connectivity index (χ0) is 21.1. The Morgan fingerprint density at radius 3 is 2.46 bits per heavy atom. The lowest BCUT2D eigenvalue weighted by molar-refractivity contribution is -0.142. The second-order valence-electron chi connectivity index (χ2n) is 6.56. The van der Waals surface area contributed by atoms with Crippen molar-refractivity contribution in [3.8, 4) is 0 Å². The average molecular weight is 400 g/mol. The van der Waals surface area contributed by atoms with Crippen molar-refractivity contribution >= 4 is 12.0 Å². The lowest BCUT2D eigenvalue weighted by Gasteiger charge is -2.38. The lowest BCUT2D eigenvalue weighted by atomic mass is 9.91. The molecule has 0 radical (unpaired) electrons. The number of nitrogens with one attached hydrogen (secondary N) is 1. The molecule has 1 aromatic carbocycles. The minimum atomic E-state index is -4.64. The SMILES string of the molecule is COCCOC(=O)C1=C(C)N(C(C)C)C(=O)N[C@@H]1c1ccccc1C(F)(F)F. The van der Waals surface area contributed by atoms with Gasteiger partial charge in [0.15, 0.2) is 0 Å². The molecule has 0 spiro atoms. The highest BCUT2D eigenvalue weighted by Gasteiger charge is 2.42. The number of nitrogens with zero attached hydrogens (tertiary/aromatic N) is 1. The van der Waals surface area contributed by atoms with E-state index in [2.05, 4.69) is 5.32 Å². The monoisotopic (exact) mass is 400 g/mol. The molecule has 1 atom stereocenters. The summed E-state index contributed by atoms with van der Waals surface area (Å²) >= 11 is 0. The normalized spacial score (nSPS) is 17.8. The number of halogens is 3. The molecule has 0 bridgehead atoms. The highest BCUT2D eigenvalue weighted by Crippen LogP contribution is 2.39. The van der Waals surface area contributed by atoms with E-state index in [0.717, 1.165) is 6.07 Å². The van der Waals surface area contributed by atoms with Gasteiger partial charge in [-0.3, -0.25) is 4.90 Å². The van der Waals surface area contributed by atoms with Crippen LogP contribution in [0.3, 0.4) is 0 Å². The van der Waals surface area contributed by atoms with Crippen LogP contribution < -0.4 is 5.32 Å². The van der Waals surface area contributed by atoms with Crippen LogP contribution in [0.1, 0.15) is 37.9 Å². The van der Waals surface area contributed by atoms with E-state index in [1.54, 1.807) is 13.8 Å². The van der Waals surface area contributed by atoms with Crippen molar-refractivity contribution in [3.63, 3.8) is 0 Å². The third-order valence-corrected chi connectivity index (χ3v) is 4.36. The van der Waals surface area contributed by atoms with Crippen LogP contribution in [0.5, 0.6) is 0 Å². The molecule has 0 fully saturated rings. The number of hydrogen-bond donors (Lipinski definition) is 1. The third kappa shape index (κ3) is 4.46. The van der Waals surface area contributed by atoms with Crippen molar-refractivity contribution in [3.05, 3.63) is 46.7 Å². The first-order valence-corrected chi connectivity index (χ1v) is 8.72. The van der Waals surface area contributed by atoms with Crippen LogP contribution in [-0.4, -0.2) is 43.3 Å². The molecule has 0 aromatic heterocycles. The molecule has 0 aliphatic carbocycles. The first-order valence-electron chi connectivity index (χ1n) is 8.72. The summed E-state index contributed by atoms with van der Waals surface area (Å²) in [7, 11) is 1.43. The topological polar surface area (TPSA) is 67.9 Å². The van der Waals surface area contributed by atoms with Crippen LogP contribution in [0.4, 0.5) is 18.0 Å². The Labute approximate surface area is 161 Å². The molecule has 154 valence electrons. The van der Waals surface area contributed by atoms with Crippen molar-refractivity contribution in [2.45, 2.75) is 39.0 Å². The number of methoxy groups -OCH3 is 1. The summed E-state index contributed by atoms with van der Waals surface area (Å²) in [4.78, 5) is 26.6. The fourth-order valence-electron chi connectivity index (χ4n) is 3.18. The maximum absolute atomic E-state index is 13.5. The predicted octanol–water partition coefficient (Wildman–Crippen LogP) is 3.64. The second-order valence-corrected chi connectivity index (χ2v) is 6.56. The van der Waals surface area contributed by atoms with Crippen molar-refractivity contribution in [2.75, 3.05) is 20.3 Å². The van der Waals surface area contributed by atoms with Gasteiger partial charge in [0, 0.05) is 18.8 Å². The molecule has 6 nitrogen and oxygen atoms in total. The molecule has 1 N–H and O–H groups in total. The van der Waals surface area contributed by atoms with Gasteiger partial charge in [-0.1, -0.05) is 18.2 Å². The van der Waals surface area contributed by atoms with E-state index >= 15 is 0 Å². The quantitative estimate of drug-likeness (QED) is 0.585. The number of amides is 2. The molecule has 9 heteroatoms. The maximum Gasteiger partial charge on any atom is 0.416 e. The van der Waals surface area contributed by atoms with E-state index in [9.17, 15) is 22.8 Å². The zero-order valence-corrected chi connectivity index (χ0v) is 16.1. The first kappa shape index (κ1) is 21.7. The van der Waals surface area contributed by atoms with Gasteiger partial charge in [0.25, 0.3) is 0 Å².